The Labute approximate surface area is 118 Å². The second-order valence-electron chi connectivity index (χ2n) is 4.32. The Morgan fingerprint density at radius 1 is 1.00 bits per heavy atom. The van der Waals surface area contributed by atoms with Gasteiger partial charge in [0, 0.05) is 30.7 Å². The molecule has 0 radical (unpaired) electrons. The molecule has 5 heteroatoms. The molecular weight excluding hydrogens is 250 g/mol. The molecule has 0 aliphatic carbocycles. The van der Waals surface area contributed by atoms with E-state index in [0.717, 1.165) is 5.69 Å². The molecule has 2 atom stereocenters. The Hall–Kier alpha value is -2.89. The van der Waals surface area contributed by atoms with E-state index in [2.05, 4.69) is 23.2 Å². The van der Waals surface area contributed by atoms with Gasteiger partial charge < -0.3 is 0 Å². The first kappa shape index (κ1) is 15.2. The summed E-state index contributed by atoms with van der Waals surface area (Å²) < 4.78 is 0. The molecule has 0 spiro atoms. The quantitative estimate of drug-likeness (QED) is 0.783. The van der Waals surface area contributed by atoms with Crippen LogP contribution in [0.1, 0.15) is 48.8 Å². The summed E-state index contributed by atoms with van der Waals surface area (Å²) in [5.41, 5.74) is 1.45. The molecule has 0 aromatic carbocycles. The van der Waals surface area contributed by atoms with Crippen LogP contribution in [0.3, 0.4) is 0 Å². The summed E-state index contributed by atoms with van der Waals surface area (Å²) in [7, 11) is 0. The van der Waals surface area contributed by atoms with Crippen molar-refractivity contribution < 1.29 is 0 Å². The number of hydrogen-bond acceptors (Lipinski definition) is 5. The van der Waals surface area contributed by atoms with E-state index in [9.17, 15) is 0 Å². The number of pyridine rings is 1. The molecule has 1 rings (SSSR count). The van der Waals surface area contributed by atoms with Crippen LogP contribution in [0, 0.1) is 45.3 Å². The zero-order valence-corrected chi connectivity index (χ0v) is 11.0. The van der Waals surface area contributed by atoms with Crippen LogP contribution < -0.4 is 0 Å². The Balaban J connectivity index is 2.89. The molecule has 0 aliphatic heterocycles. The van der Waals surface area contributed by atoms with Crippen LogP contribution in [0.2, 0.25) is 0 Å². The monoisotopic (exact) mass is 263 g/mol. The maximum Gasteiger partial charge on any atom is 0.0857 e. The van der Waals surface area contributed by atoms with Crippen LogP contribution in [0.15, 0.2) is 18.3 Å². The van der Waals surface area contributed by atoms with E-state index < -0.39 is 5.92 Å². The number of rotatable bonds is 6. The van der Waals surface area contributed by atoms with Gasteiger partial charge in [0.2, 0.25) is 0 Å². The van der Waals surface area contributed by atoms with Gasteiger partial charge in [-0.1, -0.05) is 6.07 Å². The van der Waals surface area contributed by atoms with Gasteiger partial charge in [-0.05, 0) is 18.1 Å². The molecule has 0 bridgehead atoms. The molecule has 0 aliphatic rings. The Bertz CT molecular complexity index is 592. The summed E-state index contributed by atoms with van der Waals surface area (Å²) in [6.07, 6.45) is 3.00. The van der Waals surface area contributed by atoms with Crippen molar-refractivity contribution in [1.82, 2.24) is 4.98 Å². The predicted octanol–water partition coefficient (Wildman–Crippen LogP) is 2.90. The molecule has 0 amide bonds. The minimum Gasteiger partial charge on any atom is -0.261 e. The smallest absolute Gasteiger partial charge is 0.0857 e. The van der Waals surface area contributed by atoms with Gasteiger partial charge in [0.15, 0.2) is 0 Å². The van der Waals surface area contributed by atoms with Crippen molar-refractivity contribution in [2.45, 2.75) is 37.5 Å². The fourth-order valence-electron chi connectivity index (χ4n) is 1.90. The van der Waals surface area contributed by atoms with Crippen LogP contribution in [0.25, 0.3) is 0 Å². The third kappa shape index (κ3) is 4.09. The molecule has 2 unspecified atom stereocenters. The lowest BCUT2D eigenvalue weighted by Gasteiger charge is -2.12. The van der Waals surface area contributed by atoms with Gasteiger partial charge >= 0.3 is 0 Å². The lowest BCUT2D eigenvalue weighted by Crippen LogP contribution is -2.03. The zero-order chi connectivity index (χ0) is 14.8. The number of nitriles is 4. The minimum absolute atomic E-state index is 0.0646. The molecular formula is C15H13N5. The second kappa shape index (κ2) is 8.25. The van der Waals surface area contributed by atoms with Gasteiger partial charge in [0.25, 0.3) is 0 Å². The van der Waals surface area contributed by atoms with E-state index in [1.807, 2.05) is 6.07 Å². The molecule has 1 heterocycles. The van der Waals surface area contributed by atoms with Gasteiger partial charge in [0.1, 0.15) is 0 Å². The number of nitrogens with zero attached hydrogens (tertiary/aromatic N) is 5. The van der Waals surface area contributed by atoms with E-state index in [-0.39, 0.29) is 12.3 Å². The predicted molar refractivity (Wildman–Crippen MR) is 70.6 cm³/mol. The molecule has 0 saturated heterocycles. The van der Waals surface area contributed by atoms with Gasteiger partial charge in [-0.3, -0.25) is 4.98 Å². The van der Waals surface area contributed by atoms with Crippen LogP contribution in [0.5, 0.6) is 0 Å². The van der Waals surface area contributed by atoms with Crippen molar-refractivity contribution in [3.63, 3.8) is 0 Å². The molecule has 5 nitrogen and oxygen atoms in total. The number of hydrogen-bond donors (Lipinski definition) is 0. The van der Waals surface area contributed by atoms with Crippen LogP contribution >= 0.6 is 0 Å². The Morgan fingerprint density at radius 2 is 1.75 bits per heavy atom. The Kier molecular flexibility index (Phi) is 6.26. The van der Waals surface area contributed by atoms with Crippen molar-refractivity contribution in [3.05, 3.63) is 29.6 Å². The SMILES string of the molecule is N#CCCC(CC#N)c1ccc(C(C#N)CC#N)cn1. The average molecular weight is 263 g/mol. The number of aromatic nitrogens is 1. The molecule has 0 fully saturated rings. The fourth-order valence-corrected chi connectivity index (χ4v) is 1.90. The lowest BCUT2D eigenvalue weighted by molar-refractivity contribution is 0.630. The average Bonchev–Trinajstić information content (AvgIpc) is 2.49. The third-order valence-electron chi connectivity index (χ3n) is 3.02. The summed E-state index contributed by atoms with van der Waals surface area (Å²) >= 11 is 0. The van der Waals surface area contributed by atoms with Crippen molar-refractivity contribution >= 4 is 0 Å². The van der Waals surface area contributed by atoms with Gasteiger partial charge in [0.05, 0.1) is 36.6 Å². The van der Waals surface area contributed by atoms with E-state index in [1.165, 1.54) is 0 Å². The highest BCUT2D eigenvalue weighted by Gasteiger charge is 2.15. The summed E-state index contributed by atoms with van der Waals surface area (Å²) in [6, 6.07) is 11.8. The largest absolute Gasteiger partial charge is 0.261 e. The van der Waals surface area contributed by atoms with E-state index in [0.29, 0.717) is 24.8 Å². The molecule has 0 N–H and O–H groups in total. The Morgan fingerprint density at radius 3 is 2.25 bits per heavy atom. The fraction of sp³-hybridized carbons (Fsp3) is 0.400. The minimum atomic E-state index is -0.477. The van der Waals surface area contributed by atoms with Crippen LogP contribution in [-0.4, -0.2) is 4.98 Å². The first-order valence-corrected chi connectivity index (χ1v) is 6.23. The first-order chi connectivity index (χ1) is 9.76. The van der Waals surface area contributed by atoms with E-state index in [4.69, 9.17) is 21.0 Å². The van der Waals surface area contributed by atoms with Crippen molar-refractivity contribution in [3.8, 4) is 24.3 Å². The van der Waals surface area contributed by atoms with Gasteiger partial charge in [-0.25, -0.2) is 0 Å². The van der Waals surface area contributed by atoms with Crippen molar-refractivity contribution in [1.29, 1.82) is 21.0 Å². The zero-order valence-electron chi connectivity index (χ0n) is 11.0. The summed E-state index contributed by atoms with van der Waals surface area (Å²) in [4.78, 5) is 4.28. The van der Waals surface area contributed by atoms with Crippen LogP contribution in [0.4, 0.5) is 0 Å². The highest BCUT2D eigenvalue weighted by Crippen LogP contribution is 2.25. The second-order valence-corrected chi connectivity index (χ2v) is 4.32. The topological polar surface area (TPSA) is 108 Å². The maximum atomic E-state index is 8.98. The van der Waals surface area contributed by atoms with Gasteiger partial charge in [-0.2, -0.15) is 21.0 Å². The lowest BCUT2D eigenvalue weighted by atomic mass is 9.94. The van der Waals surface area contributed by atoms with Crippen molar-refractivity contribution in [2.75, 3.05) is 0 Å². The first-order valence-electron chi connectivity index (χ1n) is 6.23. The van der Waals surface area contributed by atoms with E-state index >= 15 is 0 Å². The molecule has 1 aromatic rings. The third-order valence-corrected chi connectivity index (χ3v) is 3.02. The summed E-state index contributed by atoms with van der Waals surface area (Å²) in [6.45, 7) is 0. The standard InChI is InChI=1S/C15H13N5/c16-7-1-2-12(5-8-17)15-4-3-14(11-20-15)13(10-19)6-9-18/h3-4,11-13H,1-2,5-6H2. The highest BCUT2D eigenvalue weighted by atomic mass is 14.7. The molecule has 0 saturated carbocycles. The normalized spacial score (nSPS) is 12.2. The summed E-state index contributed by atoms with van der Waals surface area (Å²) in [5, 5.41) is 35.1. The van der Waals surface area contributed by atoms with Gasteiger partial charge in [-0.15, -0.1) is 0 Å². The molecule has 1 aromatic heterocycles. The van der Waals surface area contributed by atoms with E-state index in [1.54, 1.807) is 18.3 Å². The maximum absolute atomic E-state index is 8.98. The summed E-state index contributed by atoms with van der Waals surface area (Å²) in [5.74, 6) is -0.541. The highest BCUT2D eigenvalue weighted by molar-refractivity contribution is 5.26. The molecule has 98 valence electrons. The van der Waals surface area contributed by atoms with Crippen molar-refractivity contribution in [2.24, 2.45) is 0 Å². The van der Waals surface area contributed by atoms with Crippen LogP contribution in [-0.2, 0) is 0 Å². The molecule has 20 heavy (non-hydrogen) atoms.